The summed E-state index contributed by atoms with van der Waals surface area (Å²) in [4.78, 5) is 26.9. The molecule has 1 aromatic rings. The molecule has 2 amide bonds. The van der Waals surface area contributed by atoms with Crippen LogP contribution in [0.3, 0.4) is 0 Å². The molecular weight excluding hydrogens is 318 g/mol. The van der Waals surface area contributed by atoms with Gasteiger partial charge in [0, 0.05) is 30.7 Å². The van der Waals surface area contributed by atoms with E-state index < -0.39 is 6.04 Å². The summed E-state index contributed by atoms with van der Waals surface area (Å²) in [6.45, 7) is 11.5. The van der Waals surface area contributed by atoms with E-state index in [2.05, 4.69) is 29.4 Å². The van der Waals surface area contributed by atoms with Crippen molar-refractivity contribution in [1.29, 1.82) is 0 Å². The summed E-state index contributed by atoms with van der Waals surface area (Å²) in [7, 11) is 0. The van der Waals surface area contributed by atoms with E-state index in [-0.39, 0.29) is 17.4 Å². The molecule has 1 aromatic carbocycles. The van der Waals surface area contributed by atoms with E-state index in [1.54, 1.807) is 13.0 Å². The van der Waals surface area contributed by atoms with Crippen LogP contribution in [-0.4, -0.2) is 61.1 Å². The number of amides is 2. The van der Waals surface area contributed by atoms with E-state index >= 15 is 0 Å². The number of ether oxygens (including phenoxy) is 1. The number of benzene rings is 1. The molecule has 25 heavy (non-hydrogen) atoms. The fourth-order valence-corrected chi connectivity index (χ4v) is 2.87. The molecule has 1 saturated heterocycles. The Balaban J connectivity index is 1.84. The van der Waals surface area contributed by atoms with E-state index in [0.717, 1.165) is 31.9 Å². The van der Waals surface area contributed by atoms with E-state index in [4.69, 9.17) is 4.74 Å². The van der Waals surface area contributed by atoms with Gasteiger partial charge in [0.2, 0.25) is 5.91 Å². The van der Waals surface area contributed by atoms with Gasteiger partial charge in [0.25, 0.3) is 5.91 Å². The van der Waals surface area contributed by atoms with Gasteiger partial charge in [-0.25, -0.2) is 0 Å². The van der Waals surface area contributed by atoms with Crippen LogP contribution >= 0.6 is 0 Å². The predicted octanol–water partition coefficient (Wildman–Crippen LogP) is 1.34. The van der Waals surface area contributed by atoms with Gasteiger partial charge < -0.3 is 15.4 Å². The van der Waals surface area contributed by atoms with Gasteiger partial charge in [-0.05, 0) is 39.8 Å². The molecule has 1 heterocycles. The van der Waals surface area contributed by atoms with Crippen LogP contribution in [0.15, 0.2) is 24.3 Å². The van der Waals surface area contributed by atoms with Crippen molar-refractivity contribution in [2.75, 3.05) is 32.8 Å². The number of nitrogens with zero attached hydrogens (tertiary/aromatic N) is 1. The second-order valence-electron chi connectivity index (χ2n) is 7.19. The third-order valence-electron chi connectivity index (χ3n) is 4.58. The number of rotatable bonds is 6. The zero-order valence-corrected chi connectivity index (χ0v) is 15.6. The van der Waals surface area contributed by atoms with Gasteiger partial charge in [0.05, 0.1) is 13.2 Å². The highest BCUT2D eigenvalue weighted by atomic mass is 16.5. The first-order valence-corrected chi connectivity index (χ1v) is 8.77. The Hall–Kier alpha value is -1.92. The van der Waals surface area contributed by atoms with Crippen LogP contribution in [0.4, 0.5) is 0 Å². The Morgan fingerprint density at radius 3 is 2.60 bits per heavy atom. The van der Waals surface area contributed by atoms with Gasteiger partial charge in [-0.2, -0.15) is 0 Å². The van der Waals surface area contributed by atoms with Gasteiger partial charge in [0.15, 0.2) is 0 Å². The summed E-state index contributed by atoms with van der Waals surface area (Å²) >= 11 is 0. The molecule has 138 valence electrons. The zero-order valence-electron chi connectivity index (χ0n) is 15.6. The van der Waals surface area contributed by atoms with Crippen LogP contribution in [0.25, 0.3) is 0 Å². The smallest absolute Gasteiger partial charge is 0.251 e. The molecule has 0 spiro atoms. The largest absolute Gasteiger partial charge is 0.379 e. The minimum Gasteiger partial charge on any atom is -0.379 e. The number of carbonyl (C=O) groups excluding carboxylic acids is 2. The summed E-state index contributed by atoms with van der Waals surface area (Å²) in [5.74, 6) is -0.416. The van der Waals surface area contributed by atoms with E-state index in [1.165, 1.54) is 0 Å². The third-order valence-corrected chi connectivity index (χ3v) is 4.58. The second-order valence-corrected chi connectivity index (χ2v) is 7.19. The Morgan fingerprint density at radius 2 is 1.96 bits per heavy atom. The molecule has 6 heteroatoms. The molecular formula is C19H29N3O3. The molecule has 0 radical (unpaired) electrons. The van der Waals surface area contributed by atoms with Gasteiger partial charge >= 0.3 is 0 Å². The van der Waals surface area contributed by atoms with Crippen LogP contribution < -0.4 is 10.6 Å². The number of carbonyl (C=O) groups is 2. The summed E-state index contributed by atoms with van der Waals surface area (Å²) in [5, 5.41) is 5.71. The Labute approximate surface area is 149 Å². The van der Waals surface area contributed by atoms with Gasteiger partial charge in [-0.1, -0.05) is 17.7 Å². The summed E-state index contributed by atoms with van der Waals surface area (Å²) in [6.07, 6.45) is 0. The van der Waals surface area contributed by atoms with Crippen molar-refractivity contribution in [1.82, 2.24) is 15.5 Å². The molecule has 1 fully saturated rings. The van der Waals surface area contributed by atoms with Crippen molar-refractivity contribution in [3.8, 4) is 0 Å². The molecule has 0 aromatic heterocycles. The topological polar surface area (TPSA) is 70.7 Å². The van der Waals surface area contributed by atoms with Crippen LogP contribution in [0, 0.1) is 6.92 Å². The highest BCUT2D eigenvalue weighted by molar-refractivity contribution is 5.97. The van der Waals surface area contributed by atoms with E-state index in [1.807, 2.05) is 25.1 Å². The van der Waals surface area contributed by atoms with E-state index in [9.17, 15) is 9.59 Å². The lowest BCUT2D eigenvalue weighted by Gasteiger charge is -2.41. The zero-order chi connectivity index (χ0) is 18.4. The number of aryl methyl sites for hydroxylation is 1. The quantitative estimate of drug-likeness (QED) is 0.815. The van der Waals surface area contributed by atoms with Crippen molar-refractivity contribution >= 4 is 11.8 Å². The molecule has 6 nitrogen and oxygen atoms in total. The molecule has 0 aliphatic carbocycles. The highest BCUT2D eigenvalue weighted by Gasteiger charge is 2.29. The molecule has 0 saturated carbocycles. The first-order chi connectivity index (χ1) is 11.8. The Kier molecular flexibility index (Phi) is 6.56. The lowest BCUT2D eigenvalue weighted by atomic mass is 10.0. The van der Waals surface area contributed by atoms with Crippen LogP contribution in [0.2, 0.25) is 0 Å². The third kappa shape index (κ3) is 5.54. The molecule has 2 N–H and O–H groups in total. The fraction of sp³-hybridized carbons (Fsp3) is 0.579. The van der Waals surface area contributed by atoms with Crippen molar-refractivity contribution in [3.63, 3.8) is 0 Å². The Bertz CT molecular complexity index is 610. The normalized spacial score (nSPS) is 17.0. The summed E-state index contributed by atoms with van der Waals surface area (Å²) < 4.78 is 5.38. The SMILES string of the molecule is Cc1cccc(C(=O)NC(C)C(=O)NCC(C)(C)N2CCOCC2)c1. The first kappa shape index (κ1) is 19.4. The maximum Gasteiger partial charge on any atom is 0.251 e. The van der Waals surface area contributed by atoms with Crippen LogP contribution in [0.1, 0.15) is 36.7 Å². The molecule has 1 aliphatic rings. The van der Waals surface area contributed by atoms with Crippen molar-refractivity contribution in [3.05, 3.63) is 35.4 Å². The minimum absolute atomic E-state index is 0.153. The van der Waals surface area contributed by atoms with Crippen molar-refractivity contribution < 1.29 is 14.3 Å². The minimum atomic E-state index is -0.589. The average molecular weight is 347 g/mol. The van der Waals surface area contributed by atoms with E-state index in [0.29, 0.717) is 12.1 Å². The fourth-order valence-electron chi connectivity index (χ4n) is 2.87. The first-order valence-electron chi connectivity index (χ1n) is 8.77. The van der Waals surface area contributed by atoms with Crippen LogP contribution in [-0.2, 0) is 9.53 Å². The average Bonchev–Trinajstić information content (AvgIpc) is 2.60. The van der Waals surface area contributed by atoms with Gasteiger partial charge in [0.1, 0.15) is 6.04 Å². The summed E-state index contributed by atoms with van der Waals surface area (Å²) in [6, 6.07) is 6.73. The molecule has 1 unspecified atom stereocenters. The number of nitrogens with one attached hydrogen (secondary N) is 2. The standard InChI is InChI=1S/C19H29N3O3/c1-14-6-5-7-16(12-14)18(24)21-15(2)17(23)20-13-19(3,4)22-8-10-25-11-9-22/h5-7,12,15H,8-11,13H2,1-4H3,(H,20,23)(H,21,24). The maximum absolute atomic E-state index is 12.3. The van der Waals surface area contributed by atoms with Gasteiger partial charge in [-0.3, -0.25) is 14.5 Å². The van der Waals surface area contributed by atoms with Crippen molar-refractivity contribution in [2.45, 2.75) is 39.3 Å². The molecule has 0 bridgehead atoms. The number of hydrogen-bond acceptors (Lipinski definition) is 4. The summed E-state index contributed by atoms with van der Waals surface area (Å²) in [5.41, 5.74) is 1.42. The monoisotopic (exact) mass is 347 g/mol. The molecule has 2 rings (SSSR count). The number of hydrogen-bond donors (Lipinski definition) is 2. The highest BCUT2D eigenvalue weighted by Crippen LogP contribution is 2.15. The van der Waals surface area contributed by atoms with Crippen LogP contribution in [0.5, 0.6) is 0 Å². The lowest BCUT2D eigenvalue weighted by molar-refractivity contribution is -0.123. The molecule has 1 atom stereocenters. The van der Waals surface area contributed by atoms with Crippen molar-refractivity contribution in [2.24, 2.45) is 0 Å². The number of morpholine rings is 1. The molecule has 1 aliphatic heterocycles. The predicted molar refractivity (Wildman–Crippen MR) is 97.6 cm³/mol. The Morgan fingerprint density at radius 1 is 1.28 bits per heavy atom. The van der Waals surface area contributed by atoms with Gasteiger partial charge in [-0.15, -0.1) is 0 Å². The lowest BCUT2D eigenvalue weighted by Crippen LogP contribution is -2.57. The second kappa shape index (κ2) is 8.45. The maximum atomic E-state index is 12.3.